The molecule has 0 fully saturated rings. The summed E-state index contributed by atoms with van der Waals surface area (Å²) in [7, 11) is 0. The van der Waals surface area contributed by atoms with Gasteiger partial charge in [0.2, 0.25) is 5.89 Å². The maximum Gasteiger partial charge on any atom is 0.227 e. The summed E-state index contributed by atoms with van der Waals surface area (Å²) in [5, 5.41) is 9.54. The summed E-state index contributed by atoms with van der Waals surface area (Å²) in [6.07, 6.45) is 0.200. The van der Waals surface area contributed by atoms with Crippen molar-refractivity contribution in [1.82, 2.24) is 4.98 Å². The van der Waals surface area contributed by atoms with Crippen molar-refractivity contribution >= 4 is 16.8 Å². The number of rotatable bonds is 5. The van der Waals surface area contributed by atoms with Crippen LogP contribution in [-0.4, -0.2) is 22.8 Å². The number of hydrogen-bond donors (Lipinski definition) is 2. The highest BCUT2D eigenvalue weighted by Gasteiger charge is 2.10. The van der Waals surface area contributed by atoms with Crippen molar-refractivity contribution < 1.29 is 14.3 Å². The molecule has 3 N–H and O–H groups in total. The van der Waals surface area contributed by atoms with Crippen LogP contribution in [0.15, 0.2) is 46.9 Å². The predicted octanol–water partition coefficient (Wildman–Crippen LogP) is 3.23. The minimum absolute atomic E-state index is 0.269. The van der Waals surface area contributed by atoms with Gasteiger partial charge < -0.3 is 20.0 Å². The van der Waals surface area contributed by atoms with Gasteiger partial charge >= 0.3 is 0 Å². The van der Waals surface area contributed by atoms with Crippen molar-refractivity contribution in [3.8, 4) is 17.2 Å². The SMILES string of the molecule is CC[C@H](O)COc1ccc2oc(-c3ccc(N)cc3)nc2c1. The average molecular weight is 298 g/mol. The Morgan fingerprint density at radius 3 is 2.73 bits per heavy atom. The zero-order valence-electron chi connectivity index (χ0n) is 12.3. The monoisotopic (exact) mass is 298 g/mol. The van der Waals surface area contributed by atoms with E-state index in [0.29, 0.717) is 29.3 Å². The maximum atomic E-state index is 9.54. The second-order valence-electron chi connectivity index (χ2n) is 5.14. The van der Waals surface area contributed by atoms with Gasteiger partial charge in [0.25, 0.3) is 0 Å². The quantitative estimate of drug-likeness (QED) is 0.707. The van der Waals surface area contributed by atoms with E-state index in [0.717, 1.165) is 11.1 Å². The number of hydrogen-bond acceptors (Lipinski definition) is 5. The molecule has 3 rings (SSSR count). The highest BCUT2D eigenvalue weighted by Crippen LogP contribution is 2.27. The number of aliphatic hydroxyl groups excluding tert-OH is 1. The lowest BCUT2D eigenvalue weighted by atomic mass is 10.2. The number of nitrogen functional groups attached to an aromatic ring is 1. The van der Waals surface area contributed by atoms with Gasteiger partial charge in [0.05, 0.1) is 6.10 Å². The molecule has 114 valence electrons. The van der Waals surface area contributed by atoms with Crippen molar-refractivity contribution in [3.63, 3.8) is 0 Å². The minimum Gasteiger partial charge on any atom is -0.491 e. The van der Waals surface area contributed by atoms with Crippen molar-refractivity contribution in [2.45, 2.75) is 19.4 Å². The van der Waals surface area contributed by atoms with Gasteiger partial charge in [-0.1, -0.05) is 6.92 Å². The summed E-state index contributed by atoms with van der Waals surface area (Å²) in [5.74, 6) is 1.21. The fourth-order valence-corrected chi connectivity index (χ4v) is 2.06. The van der Waals surface area contributed by atoms with Crippen LogP contribution in [0.2, 0.25) is 0 Å². The van der Waals surface area contributed by atoms with Crippen LogP contribution in [0.5, 0.6) is 5.75 Å². The number of nitrogens with zero attached hydrogens (tertiary/aromatic N) is 1. The van der Waals surface area contributed by atoms with Crippen molar-refractivity contribution in [1.29, 1.82) is 0 Å². The number of aromatic nitrogens is 1. The van der Waals surface area contributed by atoms with Crippen LogP contribution < -0.4 is 10.5 Å². The molecule has 0 spiro atoms. The van der Waals surface area contributed by atoms with E-state index in [4.69, 9.17) is 14.9 Å². The van der Waals surface area contributed by atoms with E-state index in [1.54, 1.807) is 0 Å². The molecule has 0 aliphatic rings. The number of anilines is 1. The van der Waals surface area contributed by atoms with Gasteiger partial charge in [-0.2, -0.15) is 0 Å². The number of ether oxygens (including phenoxy) is 1. The zero-order chi connectivity index (χ0) is 15.5. The third-order valence-electron chi connectivity index (χ3n) is 3.43. The summed E-state index contributed by atoms with van der Waals surface area (Å²) in [5.41, 5.74) is 8.66. The number of benzene rings is 2. The fraction of sp³-hybridized carbons (Fsp3) is 0.235. The summed E-state index contributed by atoms with van der Waals surface area (Å²) in [6.45, 7) is 2.18. The Balaban J connectivity index is 1.85. The van der Waals surface area contributed by atoms with Crippen molar-refractivity contribution in [3.05, 3.63) is 42.5 Å². The van der Waals surface area contributed by atoms with Gasteiger partial charge in [0.1, 0.15) is 17.9 Å². The summed E-state index contributed by atoms with van der Waals surface area (Å²) in [4.78, 5) is 4.47. The Labute approximate surface area is 128 Å². The normalized spacial score (nSPS) is 12.5. The molecular formula is C17H18N2O3. The highest BCUT2D eigenvalue weighted by atomic mass is 16.5. The fourth-order valence-electron chi connectivity index (χ4n) is 2.06. The van der Waals surface area contributed by atoms with Crippen molar-refractivity contribution in [2.75, 3.05) is 12.3 Å². The van der Waals surface area contributed by atoms with Gasteiger partial charge in [-0.15, -0.1) is 0 Å². The smallest absolute Gasteiger partial charge is 0.227 e. The Kier molecular flexibility index (Phi) is 3.98. The van der Waals surface area contributed by atoms with Gasteiger partial charge in [-0.05, 0) is 42.8 Å². The minimum atomic E-state index is -0.460. The van der Waals surface area contributed by atoms with Crippen LogP contribution in [0, 0.1) is 0 Å². The Morgan fingerprint density at radius 2 is 2.00 bits per heavy atom. The molecule has 0 bridgehead atoms. The average Bonchev–Trinajstić information content (AvgIpc) is 2.96. The molecule has 22 heavy (non-hydrogen) atoms. The third kappa shape index (κ3) is 3.04. The third-order valence-corrected chi connectivity index (χ3v) is 3.43. The first-order valence-corrected chi connectivity index (χ1v) is 7.23. The van der Waals surface area contributed by atoms with Crippen LogP contribution >= 0.6 is 0 Å². The van der Waals surface area contributed by atoms with E-state index in [1.807, 2.05) is 49.4 Å². The first-order chi connectivity index (χ1) is 10.7. The molecule has 0 aliphatic carbocycles. The number of oxazole rings is 1. The van der Waals surface area contributed by atoms with E-state index in [1.165, 1.54) is 0 Å². The first-order valence-electron chi connectivity index (χ1n) is 7.23. The highest BCUT2D eigenvalue weighted by molar-refractivity contribution is 5.77. The molecule has 5 heteroatoms. The molecule has 1 atom stereocenters. The Bertz CT molecular complexity index is 765. The van der Waals surface area contributed by atoms with Crippen LogP contribution in [-0.2, 0) is 0 Å². The number of nitrogens with two attached hydrogens (primary N) is 1. The van der Waals surface area contributed by atoms with Gasteiger partial charge in [-0.3, -0.25) is 0 Å². The van der Waals surface area contributed by atoms with Crippen LogP contribution in [0.4, 0.5) is 5.69 Å². The predicted molar refractivity (Wildman–Crippen MR) is 85.7 cm³/mol. The molecule has 0 aliphatic heterocycles. The van der Waals surface area contributed by atoms with Gasteiger partial charge in [0.15, 0.2) is 5.58 Å². The molecule has 1 heterocycles. The van der Waals surface area contributed by atoms with Crippen LogP contribution in [0.1, 0.15) is 13.3 Å². The zero-order valence-corrected chi connectivity index (χ0v) is 12.3. The molecule has 5 nitrogen and oxygen atoms in total. The first kappa shape index (κ1) is 14.4. The molecule has 3 aromatic rings. The second kappa shape index (κ2) is 6.07. The topological polar surface area (TPSA) is 81.5 Å². The lowest BCUT2D eigenvalue weighted by molar-refractivity contribution is 0.104. The molecular weight excluding hydrogens is 280 g/mol. The molecule has 0 saturated heterocycles. The van der Waals surface area contributed by atoms with E-state index >= 15 is 0 Å². The Hall–Kier alpha value is -2.53. The van der Waals surface area contributed by atoms with E-state index < -0.39 is 6.10 Å². The van der Waals surface area contributed by atoms with E-state index in [-0.39, 0.29) is 6.61 Å². The summed E-state index contributed by atoms with van der Waals surface area (Å²) < 4.78 is 11.3. The maximum absolute atomic E-state index is 9.54. The molecule has 0 radical (unpaired) electrons. The number of fused-ring (bicyclic) bond motifs is 1. The summed E-state index contributed by atoms with van der Waals surface area (Å²) in [6, 6.07) is 12.8. The molecule has 0 saturated carbocycles. The van der Waals surface area contributed by atoms with Crippen LogP contribution in [0.3, 0.4) is 0 Å². The largest absolute Gasteiger partial charge is 0.491 e. The second-order valence-corrected chi connectivity index (χ2v) is 5.14. The molecule has 1 aromatic heterocycles. The molecule has 0 amide bonds. The number of aliphatic hydroxyl groups is 1. The lowest BCUT2D eigenvalue weighted by Crippen LogP contribution is -2.15. The molecule has 2 aromatic carbocycles. The van der Waals surface area contributed by atoms with Crippen LogP contribution in [0.25, 0.3) is 22.6 Å². The van der Waals surface area contributed by atoms with Gasteiger partial charge in [-0.25, -0.2) is 4.98 Å². The van der Waals surface area contributed by atoms with E-state index in [2.05, 4.69) is 4.98 Å². The summed E-state index contributed by atoms with van der Waals surface area (Å²) >= 11 is 0. The van der Waals surface area contributed by atoms with Gasteiger partial charge in [0, 0.05) is 17.3 Å². The lowest BCUT2D eigenvalue weighted by Gasteiger charge is -2.09. The molecule has 0 unspecified atom stereocenters. The van der Waals surface area contributed by atoms with E-state index in [9.17, 15) is 5.11 Å². The Morgan fingerprint density at radius 1 is 1.23 bits per heavy atom. The standard InChI is InChI=1S/C17H18N2O3/c1-2-13(20)10-21-14-7-8-16-15(9-14)19-17(22-16)11-3-5-12(18)6-4-11/h3-9,13,20H,2,10,18H2,1H3/t13-/m0/s1. The van der Waals surface area contributed by atoms with Crippen molar-refractivity contribution in [2.24, 2.45) is 0 Å².